The van der Waals surface area contributed by atoms with Crippen molar-refractivity contribution in [2.24, 2.45) is 0 Å². The molecule has 0 unspecified atom stereocenters. The van der Waals surface area contributed by atoms with Crippen LogP contribution in [0.1, 0.15) is 11.1 Å². The number of anilines is 3. The summed E-state index contributed by atoms with van der Waals surface area (Å²) in [5.41, 5.74) is 6.48. The van der Waals surface area contributed by atoms with E-state index in [-0.39, 0.29) is 22.5 Å². The number of nitrogens with one attached hydrogen (secondary N) is 1. The van der Waals surface area contributed by atoms with Crippen molar-refractivity contribution in [2.45, 2.75) is 0 Å². The fourth-order valence-electron chi connectivity index (χ4n) is 1.78. The number of nitro benzene ring substituents is 1. The van der Waals surface area contributed by atoms with Gasteiger partial charge in [-0.2, -0.15) is 10.5 Å². The molecule has 0 heterocycles. The largest absolute Gasteiger partial charge is 0.397 e. The Labute approximate surface area is 120 Å². The third kappa shape index (κ3) is 2.72. The number of para-hydroxylation sites is 2. The fourth-order valence-corrected chi connectivity index (χ4v) is 1.78. The first-order valence-electron chi connectivity index (χ1n) is 5.81. The van der Waals surface area contributed by atoms with Crippen LogP contribution in [0.2, 0.25) is 0 Å². The Morgan fingerprint density at radius 3 is 2.29 bits per heavy atom. The van der Waals surface area contributed by atoms with Crippen molar-refractivity contribution in [1.82, 2.24) is 0 Å². The maximum atomic E-state index is 11.1. The Bertz CT molecular complexity index is 802. The molecule has 0 fully saturated rings. The number of benzene rings is 2. The van der Waals surface area contributed by atoms with E-state index in [2.05, 4.69) is 5.32 Å². The van der Waals surface area contributed by atoms with Crippen molar-refractivity contribution in [3.63, 3.8) is 0 Å². The van der Waals surface area contributed by atoms with E-state index in [0.29, 0.717) is 11.4 Å². The molecule has 0 aliphatic carbocycles. The zero-order valence-corrected chi connectivity index (χ0v) is 10.7. The summed E-state index contributed by atoms with van der Waals surface area (Å²) in [7, 11) is 0. The number of nitro groups is 1. The lowest BCUT2D eigenvalue weighted by Crippen LogP contribution is -2.01. The minimum absolute atomic E-state index is 0.0456. The molecule has 2 rings (SSSR count). The van der Waals surface area contributed by atoms with E-state index in [1.165, 1.54) is 6.07 Å². The number of hydrogen-bond donors (Lipinski definition) is 2. The highest BCUT2D eigenvalue weighted by Gasteiger charge is 2.19. The topological polar surface area (TPSA) is 129 Å². The third-order valence-electron chi connectivity index (χ3n) is 2.80. The maximum absolute atomic E-state index is 11.1. The van der Waals surface area contributed by atoms with Crippen LogP contribution in [0.5, 0.6) is 0 Å². The van der Waals surface area contributed by atoms with E-state index in [0.717, 1.165) is 6.07 Å². The zero-order valence-electron chi connectivity index (χ0n) is 10.7. The van der Waals surface area contributed by atoms with Crippen molar-refractivity contribution < 1.29 is 4.92 Å². The smallest absolute Gasteiger partial charge is 0.294 e. The van der Waals surface area contributed by atoms with Crippen molar-refractivity contribution in [2.75, 3.05) is 11.1 Å². The van der Waals surface area contributed by atoms with Gasteiger partial charge in [-0.25, -0.2) is 0 Å². The molecule has 7 nitrogen and oxygen atoms in total. The van der Waals surface area contributed by atoms with Crippen molar-refractivity contribution in [1.29, 1.82) is 10.5 Å². The average molecular weight is 279 g/mol. The van der Waals surface area contributed by atoms with Crippen molar-refractivity contribution >= 4 is 22.7 Å². The molecule has 0 radical (unpaired) electrons. The second-order valence-electron chi connectivity index (χ2n) is 4.11. The van der Waals surface area contributed by atoms with Gasteiger partial charge < -0.3 is 11.1 Å². The van der Waals surface area contributed by atoms with Gasteiger partial charge in [-0.05, 0) is 18.2 Å². The molecule has 0 aliphatic rings. The normalized spacial score (nSPS) is 9.43. The maximum Gasteiger partial charge on any atom is 0.294 e. The van der Waals surface area contributed by atoms with Crippen molar-refractivity contribution in [3.8, 4) is 12.1 Å². The van der Waals surface area contributed by atoms with Gasteiger partial charge in [0.15, 0.2) is 0 Å². The third-order valence-corrected chi connectivity index (χ3v) is 2.80. The molecule has 0 atom stereocenters. The van der Waals surface area contributed by atoms with Gasteiger partial charge in [0.05, 0.1) is 27.4 Å². The number of rotatable bonds is 3. The lowest BCUT2D eigenvalue weighted by molar-refractivity contribution is -0.383. The molecule has 0 spiro atoms. The predicted octanol–water partition coefficient (Wildman–Crippen LogP) is 2.66. The van der Waals surface area contributed by atoms with E-state index in [1.54, 1.807) is 30.3 Å². The predicted molar refractivity (Wildman–Crippen MR) is 76.7 cm³/mol. The van der Waals surface area contributed by atoms with Gasteiger partial charge >= 0.3 is 0 Å². The molecule has 0 saturated heterocycles. The molecule has 102 valence electrons. The SMILES string of the molecule is N#Cc1cc(Nc2ccccc2N)c([N+](=O)[O-])cc1C#N. The lowest BCUT2D eigenvalue weighted by atomic mass is 10.1. The summed E-state index contributed by atoms with van der Waals surface area (Å²) in [6.45, 7) is 0. The van der Waals surface area contributed by atoms with E-state index < -0.39 is 4.92 Å². The zero-order chi connectivity index (χ0) is 15.4. The minimum Gasteiger partial charge on any atom is -0.397 e. The van der Waals surface area contributed by atoms with Gasteiger partial charge in [0.25, 0.3) is 5.69 Å². The van der Waals surface area contributed by atoms with Crippen LogP contribution in [0.3, 0.4) is 0 Å². The molecule has 7 heteroatoms. The summed E-state index contributed by atoms with van der Waals surface area (Å²) < 4.78 is 0. The van der Waals surface area contributed by atoms with Crippen LogP contribution in [0, 0.1) is 32.8 Å². The number of nitrogens with two attached hydrogens (primary N) is 1. The summed E-state index contributed by atoms with van der Waals surface area (Å²) in [5, 5.41) is 31.8. The molecule has 0 bridgehead atoms. The standard InChI is InChI=1S/C14H9N5O2/c15-7-9-5-13(14(19(20)21)6-10(9)8-16)18-12-4-2-1-3-11(12)17/h1-6,18H,17H2. The number of nitrogens with zero attached hydrogens (tertiary/aromatic N) is 3. The Morgan fingerprint density at radius 2 is 1.71 bits per heavy atom. The molecule has 21 heavy (non-hydrogen) atoms. The molecule has 0 aromatic heterocycles. The summed E-state index contributed by atoms with van der Waals surface area (Å²) in [6, 6.07) is 12.7. The summed E-state index contributed by atoms with van der Waals surface area (Å²) in [5.74, 6) is 0. The lowest BCUT2D eigenvalue weighted by Gasteiger charge is -2.10. The molecular weight excluding hydrogens is 270 g/mol. The van der Waals surface area contributed by atoms with Crippen LogP contribution in [0.15, 0.2) is 36.4 Å². The van der Waals surface area contributed by atoms with Gasteiger partial charge in [-0.15, -0.1) is 0 Å². The quantitative estimate of drug-likeness (QED) is 0.504. The summed E-state index contributed by atoms with van der Waals surface area (Å²) in [6.07, 6.45) is 0. The van der Waals surface area contributed by atoms with Crippen LogP contribution in [-0.2, 0) is 0 Å². The van der Waals surface area contributed by atoms with Gasteiger partial charge in [0, 0.05) is 6.07 Å². The number of nitriles is 2. The molecule has 0 amide bonds. The molecular formula is C14H9N5O2. The first-order valence-corrected chi connectivity index (χ1v) is 5.81. The first-order chi connectivity index (χ1) is 10.1. The Morgan fingerprint density at radius 1 is 1.10 bits per heavy atom. The summed E-state index contributed by atoms with van der Waals surface area (Å²) in [4.78, 5) is 10.5. The first kappa shape index (κ1) is 13.8. The molecule has 2 aromatic rings. The highest BCUT2D eigenvalue weighted by molar-refractivity contribution is 5.78. The van der Waals surface area contributed by atoms with Crippen LogP contribution in [0.4, 0.5) is 22.7 Å². The second-order valence-corrected chi connectivity index (χ2v) is 4.11. The van der Waals surface area contributed by atoms with Crippen molar-refractivity contribution in [3.05, 3.63) is 57.6 Å². The van der Waals surface area contributed by atoms with E-state index in [9.17, 15) is 10.1 Å². The molecule has 0 aliphatic heterocycles. The van der Waals surface area contributed by atoms with E-state index in [4.69, 9.17) is 16.3 Å². The van der Waals surface area contributed by atoms with Gasteiger partial charge in [-0.1, -0.05) is 12.1 Å². The molecule has 3 N–H and O–H groups in total. The number of nitrogen functional groups attached to an aromatic ring is 1. The summed E-state index contributed by atoms with van der Waals surface area (Å²) >= 11 is 0. The molecule has 0 saturated carbocycles. The van der Waals surface area contributed by atoms with Gasteiger partial charge in [0.2, 0.25) is 0 Å². The van der Waals surface area contributed by atoms with E-state index >= 15 is 0 Å². The highest BCUT2D eigenvalue weighted by Crippen LogP contribution is 2.32. The second kappa shape index (κ2) is 5.59. The fraction of sp³-hybridized carbons (Fsp3) is 0. The highest BCUT2D eigenvalue weighted by atomic mass is 16.6. The van der Waals surface area contributed by atoms with Gasteiger partial charge in [0.1, 0.15) is 17.8 Å². The monoisotopic (exact) mass is 279 g/mol. The van der Waals surface area contributed by atoms with E-state index in [1.807, 2.05) is 6.07 Å². The minimum atomic E-state index is -0.622. The number of hydrogen-bond acceptors (Lipinski definition) is 6. The van der Waals surface area contributed by atoms with Crippen LogP contribution < -0.4 is 11.1 Å². The Kier molecular flexibility index (Phi) is 3.69. The van der Waals surface area contributed by atoms with Crippen LogP contribution >= 0.6 is 0 Å². The van der Waals surface area contributed by atoms with Gasteiger partial charge in [-0.3, -0.25) is 10.1 Å². The Hall–Kier alpha value is -3.58. The Balaban J connectivity index is 2.58. The van der Waals surface area contributed by atoms with Crippen LogP contribution in [0.25, 0.3) is 0 Å². The average Bonchev–Trinajstić information content (AvgIpc) is 2.48. The molecule has 2 aromatic carbocycles. The van der Waals surface area contributed by atoms with Crippen LogP contribution in [-0.4, -0.2) is 4.92 Å².